The largest absolute Gasteiger partial charge is 0.278 e. The minimum absolute atomic E-state index is 0.259. The van der Waals surface area contributed by atoms with Gasteiger partial charge in [-0.05, 0) is 48.5 Å². The van der Waals surface area contributed by atoms with Crippen molar-refractivity contribution >= 4 is 71.7 Å². The number of hydrogen-bond acceptors (Lipinski definition) is 4. The molecule has 0 atom stereocenters. The summed E-state index contributed by atoms with van der Waals surface area (Å²) in [6, 6.07) is 16.2. The third kappa shape index (κ3) is 4.05. The van der Waals surface area contributed by atoms with E-state index in [9.17, 15) is 4.79 Å². The number of rotatable bonds is 4. The lowest BCUT2D eigenvalue weighted by atomic mass is 10.2. The van der Waals surface area contributed by atoms with Crippen LogP contribution in [0, 0.1) is 0 Å². The van der Waals surface area contributed by atoms with Crippen LogP contribution in [0.4, 0.5) is 5.13 Å². The van der Waals surface area contributed by atoms with Gasteiger partial charge < -0.3 is 0 Å². The average molecular weight is 493 g/mol. The van der Waals surface area contributed by atoms with E-state index in [1.807, 2.05) is 36.4 Å². The molecule has 0 aliphatic heterocycles. The number of nitrogens with zero attached hydrogens (tertiary/aromatic N) is 3. The van der Waals surface area contributed by atoms with Crippen LogP contribution in [0.5, 0.6) is 0 Å². The Hall–Kier alpha value is -1.99. The zero-order valence-corrected chi connectivity index (χ0v) is 18.2. The molecule has 0 N–H and O–H groups in total. The van der Waals surface area contributed by atoms with Crippen LogP contribution >= 0.6 is 50.5 Å². The van der Waals surface area contributed by atoms with E-state index < -0.39 is 0 Å². The van der Waals surface area contributed by atoms with Gasteiger partial charge in [0.25, 0.3) is 5.91 Å². The van der Waals surface area contributed by atoms with Gasteiger partial charge in [0.1, 0.15) is 0 Å². The number of pyridine rings is 1. The molecule has 0 aliphatic rings. The molecule has 0 aliphatic carbocycles. The van der Waals surface area contributed by atoms with E-state index in [0.29, 0.717) is 20.7 Å². The third-order valence-electron chi connectivity index (χ3n) is 4.02. The summed E-state index contributed by atoms with van der Waals surface area (Å²) in [7, 11) is 0. The molecule has 0 fully saturated rings. The quantitative estimate of drug-likeness (QED) is 0.322. The van der Waals surface area contributed by atoms with Crippen LogP contribution in [-0.2, 0) is 6.54 Å². The predicted molar refractivity (Wildman–Crippen MR) is 119 cm³/mol. The summed E-state index contributed by atoms with van der Waals surface area (Å²) in [4.78, 5) is 23.9. The fourth-order valence-electron chi connectivity index (χ4n) is 2.69. The molecule has 4 aromatic rings. The molecule has 4 rings (SSSR count). The molecule has 0 spiro atoms. The molecule has 0 radical (unpaired) electrons. The fourth-order valence-corrected chi connectivity index (χ4v) is 4.69. The minimum atomic E-state index is -0.259. The first-order chi connectivity index (χ1) is 13.5. The Morgan fingerprint density at radius 2 is 1.96 bits per heavy atom. The van der Waals surface area contributed by atoms with Crippen LogP contribution in [0.3, 0.4) is 0 Å². The number of carbonyl (C=O) groups excluding carboxylic acids is 1. The normalized spacial score (nSPS) is 11.0. The average Bonchev–Trinajstić information content (AvgIpc) is 3.09. The van der Waals surface area contributed by atoms with Crippen molar-refractivity contribution in [1.82, 2.24) is 9.97 Å². The number of benzene rings is 2. The summed E-state index contributed by atoms with van der Waals surface area (Å²) >= 11 is 17.2. The Balaban J connectivity index is 1.79. The van der Waals surface area contributed by atoms with Crippen molar-refractivity contribution in [3.8, 4) is 0 Å². The zero-order chi connectivity index (χ0) is 19.7. The van der Waals surface area contributed by atoms with Gasteiger partial charge in [-0.2, -0.15) is 0 Å². The van der Waals surface area contributed by atoms with Gasteiger partial charge in [0, 0.05) is 15.7 Å². The van der Waals surface area contributed by atoms with Crippen molar-refractivity contribution in [2.24, 2.45) is 0 Å². The van der Waals surface area contributed by atoms with E-state index in [-0.39, 0.29) is 12.5 Å². The van der Waals surface area contributed by atoms with Crippen LogP contribution in [0.1, 0.15) is 16.1 Å². The Bertz CT molecular complexity index is 1170. The first kappa shape index (κ1) is 19.3. The Labute approximate surface area is 183 Å². The maximum Gasteiger partial charge on any atom is 0.261 e. The maximum atomic E-state index is 13.4. The first-order valence-corrected chi connectivity index (χ1v) is 10.6. The van der Waals surface area contributed by atoms with Crippen molar-refractivity contribution in [3.63, 3.8) is 0 Å². The second kappa shape index (κ2) is 8.17. The molecule has 8 heteroatoms. The van der Waals surface area contributed by atoms with Gasteiger partial charge in [-0.1, -0.05) is 56.5 Å². The van der Waals surface area contributed by atoms with Crippen LogP contribution in [0.25, 0.3) is 10.2 Å². The number of halogens is 3. The predicted octanol–water partition coefficient (Wildman–Crippen LogP) is 6.61. The molecular weight excluding hydrogens is 481 g/mol. The molecule has 4 nitrogen and oxygen atoms in total. The van der Waals surface area contributed by atoms with Gasteiger partial charge in [0.05, 0.1) is 33.0 Å². The molecule has 2 aromatic heterocycles. The molecule has 0 saturated carbocycles. The maximum absolute atomic E-state index is 13.4. The number of carbonyl (C=O) groups is 1. The third-order valence-corrected chi connectivity index (χ3v) is 6.11. The topological polar surface area (TPSA) is 46.1 Å². The summed E-state index contributed by atoms with van der Waals surface area (Å²) in [6.07, 6.45) is 1.70. The summed E-state index contributed by atoms with van der Waals surface area (Å²) < 4.78 is 1.93. The highest BCUT2D eigenvalue weighted by molar-refractivity contribution is 9.10. The molecule has 1 amide bonds. The number of thiazole rings is 1. The summed E-state index contributed by atoms with van der Waals surface area (Å²) in [5.41, 5.74) is 1.94. The standard InChI is InChI=1S/C20H12BrCl2N3OS/c21-12-4-7-17-18(9-12)28-20(25-17)26(11-14-3-1-2-8-24-14)19(27)15-6-5-13(22)10-16(15)23/h1-10H,11H2. The lowest BCUT2D eigenvalue weighted by Crippen LogP contribution is -2.31. The van der Waals surface area contributed by atoms with Gasteiger partial charge >= 0.3 is 0 Å². The van der Waals surface area contributed by atoms with Gasteiger partial charge in [-0.25, -0.2) is 4.98 Å². The number of hydrogen-bond donors (Lipinski definition) is 0. The summed E-state index contributed by atoms with van der Waals surface area (Å²) in [5.74, 6) is -0.259. The SMILES string of the molecule is O=C(c1ccc(Cl)cc1Cl)N(Cc1ccccn1)c1nc2ccc(Br)cc2s1. The number of aromatic nitrogens is 2. The number of amides is 1. The highest BCUT2D eigenvalue weighted by Crippen LogP contribution is 2.33. The number of fused-ring (bicyclic) bond motifs is 1. The van der Waals surface area contributed by atoms with Crippen molar-refractivity contribution in [1.29, 1.82) is 0 Å². The molecule has 0 unspecified atom stereocenters. The van der Waals surface area contributed by atoms with E-state index >= 15 is 0 Å². The monoisotopic (exact) mass is 491 g/mol. The van der Waals surface area contributed by atoms with Gasteiger partial charge in [0.15, 0.2) is 5.13 Å². The Morgan fingerprint density at radius 3 is 2.71 bits per heavy atom. The van der Waals surface area contributed by atoms with Crippen molar-refractivity contribution in [2.45, 2.75) is 6.54 Å². The van der Waals surface area contributed by atoms with Crippen molar-refractivity contribution in [2.75, 3.05) is 4.90 Å². The van der Waals surface area contributed by atoms with Gasteiger partial charge in [-0.3, -0.25) is 14.7 Å². The molecule has 28 heavy (non-hydrogen) atoms. The van der Waals surface area contributed by atoms with E-state index in [2.05, 4.69) is 25.9 Å². The second-order valence-electron chi connectivity index (χ2n) is 5.95. The fraction of sp³-hybridized carbons (Fsp3) is 0.0500. The minimum Gasteiger partial charge on any atom is -0.278 e. The zero-order valence-electron chi connectivity index (χ0n) is 14.3. The molecule has 2 aromatic carbocycles. The molecule has 140 valence electrons. The van der Waals surface area contributed by atoms with Crippen LogP contribution in [0.15, 0.2) is 65.3 Å². The lowest BCUT2D eigenvalue weighted by molar-refractivity contribution is 0.0985. The highest BCUT2D eigenvalue weighted by atomic mass is 79.9. The highest BCUT2D eigenvalue weighted by Gasteiger charge is 2.24. The summed E-state index contributed by atoms with van der Waals surface area (Å²) in [5, 5.41) is 1.35. The first-order valence-electron chi connectivity index (χ1n) is 8.24. The lowest BCUT2D eigenvalue weighted by Gasteiger charge is -2.20. The van der Waals surface area contributed by atoms with Crippen molar-refractivity contribution < 1.29 is 4.79 Å². The van der Waals surface area contributed by atoms with Crippen LogP contribution in [0.2, 0.25) is 10.0 Å². The van der Waals surface area contributed by atoms with Gasteiger partial charge in [0.2, 0.25) is 0 Å². The van der Waals surface area contributed by atoms with E-state index in [4.69, 9.17) is 23.2 Å². The summed E-state index contributed by atoms with van der Waals surface area (Å²) in [6.45, 7) is 0.277. The van der Waals surface area contributed by atoms with Crippen LogP contribution in [-0.4, -0.2) is 15.9 Å². The van der Waals surface area contributed by atoms with E-state index in [1.165, 1.54) is 11.3 Å². The second-order valence-corrected chi connectivity index (χ2v) is 8.71. The van der Waals surface area contributed by atoms with Crippen molar-refractivity contribution in [3.05, 3.63) is 86.6 Å². The van der Waals surface area contributed by atoms with Crippen LogP contribution < -0.4 is 4.90 Å². The smallest absolute Gasteiger partial charge is 0.261 e. The Morgan fingerprint density at radius 1 is 1.11 bits per heavy atom. The van der Waals surface area contributed by atoms with E-state index in [1.54, 1.807) is 29.3 Å². The molecule has 2 heterocycles. The van der Waals surface area contributed by atoms with Gasteiger partial charge in [-0.15, -0.1) is 0 Å². The number of anilines is 1. The molecular formula is C20H12BrCl2N3OS. The van der Waals surface area contributed by atoms with E-state index in [0.717, 1.165) is 20.4 Å². The molecule has 0 saturated heterocycles. The molecule has 0 bridgehead atoms. The Kier molecular flexibility index (Phi) is 5.64.